The Morgan fingerprint density at radius 2 is 1.42 bits per heavy atom. The van der Waals surface area contributed by atoms with Gasteiger partial charge in [0.25, 0.3) is 0 Å². The van der Waals surface area contributed by atoms with Crippen LogP contribution in [0.4, 0.5) is 0 Å². The van der Waals surface area contributed by atoms with Crippen molar-refractivity contribution in [2.24, 2.45) is 11.8 Å². The first kappa shape index (κ1) is 23.7. The van der Waals surface area contributed by atoms with E-state index in [1.165, 1.54) is 57.8 Å². The molecule has 0 aliphatic heterocycles. The average molecular weight is 443 g/mol. The Morgan fingerprint density at radius 3 is 2.03 bits per heavy atom. The summed E-state index contributed by atoms with van der Waals surface area (Å²) in [4.78, 5) is 12.2. The highest BCUT2D eigenvalue weighted by Crippen LogP contribution is 2.34. The molecular weight excluding hydrogens is 408 g/mol. The van der Waals surface area contributed by atoms with Crippen LogP contribution in [0.3, 0.4) is 0 Å². The van der Waals surface area contributed by atoms with Gasteiger partial charge < -0.3 is 9.47 Å². The van der Waals surface area contributed by atoms with Crippen molar-refractivity contribution < 1.29 is 14.3 Å². The van der Waals surface area contributed by atoms with Crippen LogP contribution in [0.25, 0.3) is 0 Å². The maximum absolute atomic E-state index is 12.2. The van der Waals surface area contributed by atoms with Gasteiger partial charge in [0, 0.05) is 5.02 Å². The Morgan fingerprint density at radius 1 is 0.839 bits per heavy atom. The van der Waals surface area contributed by atoms with Gasteiger partial charge in [-0.2, -0.15) is 0 Å². The minimum atomic E-state index is -0.390. The van der Waals surface area contributed by atoms with Gasteiger partial charge in [-0.15, -0.1) is 0 Å². The highest BCUT2D eigenvalue weighted by Gasteiger charge is 2.20. The van der Waals surface area contributed by atoms with E-state index in [0.717, 1.165) is 30.6 Å². The van der Waals surface area contributed by atoms with E-state index in [4.69, 9.17) is 21.1 Å². The Kier molecular flexibility index (Phi) is 9.74. The summed E-state index contributed by atoms with van der Waals surface area (Å²) in [5.74, 6) is 2.73. The summed E-state index contributed by atoms with van der Waals surface area (Å²) in [5.41, 5.74) is 0.498. The van der Waals surface area contributed by atoms with Crippen molar-refractivity contribution in [2.45, 2.75) is 71.1 Å². The molecule has 3 rings (SSSR count). The second-order valence-electron chi connectivity index (χ2n) is 8.74. The van der Waals surface area contributed by atoms with Crippen molar-refractivity contribution in [1.29, 1.82) is 0 Å². The number of carbonyl (C=O) groups is 1. The predicted molar refractivity (Wildman–Crippen MR) is 127 cm³/mol. The molecule has 3 nitrogen and oxygen atoms in total. The minimum absolute atomic E-state index is 0.390. The average Bonchev–Trinajstić information content (AvgIpc) is 2.80. The standard InChI is InChI=1S/C27H35ClO3/c1-2-3-4-6-21-8-10-22(11-9-21)7-5-20-30-25-16-12-23(13-17-25)27(29)31-26-18-14-24(28)15-19-26/h12-19,21-22H,2-11,20H2,1H3/t21-,22-. The first-order chi connectivity index (χ1) is 15.1. The van der Waals surface area contributed by atoms with Crippen molar-refractivity contribution >= 4 is 17.6 Å². The molecule has 1 aliphatic carbocycles. The van der Waals surface area contributed by atoms with Crippen LogP contribution in [0.15, 0.2) is 48.5 Å². The summed E-state index contributed by atoms with van der Waals surface area (Å²) in [6.07, 6.45) is 13.5. The number of unbranched alkanes of at least 4 members (excludes halogenated alkanes) is 2. The molecule has 1 aliphatic rings. The Balaban J connectivity index is 1.32. The maximum Gasteiger partial charge on any atom is 0.343 e. The Hall–Kier alpha value is -2.00. The number of rotatable bonds is 11. The second kappa shape index (κ2) is 12.8. The number of esters is 1. The lowest BCUT2D eigenvalue weighted by Crippen LogP contribution is -2.15. The van der Waals surface area contributed by atoms with E-state index in [-0.39, 0.29) is 5.97 Å². The number of carbonyl (C=O) groups excluding carboxylic acids is 1. The third kappa shape index (κ3) is 8.22. The molecule has 0 bridgehead atoms. The van der Waals surface area contributed by atoms with Gasteiger partial charge in [-0.05, 0) is 73.2 Å². The van der Waals surface area contributed by atoms with E-state index in [1.54, 1.807) is 36.4 Å². The molecule has 0 unspecified atom stereocenters. The van der Waals surface area contributed by atoms with Gasteiger partial charge in [0.2, 0.25) is 0 Å². The van der Waals surface area contributed by atoms with Crippen LogP contribution in [0.2, 0.25) is 5.02 Å². The molecule has 0 atom stereocenters. The highest BCUT2D eigenvalue weighted by molar-refractivity contribution is 6.30. The normalized spacial score (nSPS) is 18.5. The molecule has 2 aromatic rings. The summed E-state index contributed by atoms with van der Waals surface area (Å²) in [6, 6.07) is 13.9. The molecule has 0 aromatic heterocycles. The molecule has 168 valence electrons. The molecule has 0 N–H and O–H groups in total. The molecular formula is C27H35ClO3. The first-order valence-electron chi connectivity index (χ1n) is 11.8. The van der Waals surface area contributed by atoms with Crippen molar-refractivity contribution in [3.05, 3.63) is 59.1 Å². The molecule has 2 aromatic carbocycles. The smallest absolute Gasteiger partial charge is 0.343 e. The zero-order chi connectivity index (χ0) is 21.9. The van der Waals surface area contributed by atoms with Crippen LogP contribution >= 0.6 is 11.6 Å². The molecule has 1 saturated carbocycles. The lowest BCUT2D eigenvalue weighted by atomic mass is 9.78. The monoisotopic (exact) mass is 442 g/mol. The second-order valence-corrected chi connectivity index (χ2v) is 9.18. The van der Waals surface area contributed by atoms with E-state index in [1.807, 2.05) is 12.1 Å². The molecule has 31 heavy (non-hydrogen) atoms. The lowest BCUT2D eigenvalue weighted by Gasteiger charge is -2.28. The fraction of sp³-hybridized carbons (Fsp3) is 0.519. The number of ether oxygens (including phenoxy) is 2. The summed E-state index contributed by atoms with van der Waals surface area (Å²) in [5, 5.41) is 0.608. The van der Waals surface area contributed by atoms with Gasteiger partial charge in [0.05, 0.1) is 12.2 Å². The van der Waals surface area contributed by atoms with Crippen LogP contribution in [-0.2, 0) is 0 Å². The Bertz CT molecular complexity index is 777. The quantitative estimate of drug-likeness (QED) is 0.200. The fourth-order valence-corrected chi connectivity index (χ4v) is 4.54. The van der Waals surface area contributed by atoms with Crippen molar-refractivity contribution in [3.63, 3.8) is 0 Å². The Labute approximate surface area is 192 Å². The summed E-state index contributed by atoms with van der Waals surface area (Å²) >= 11 is 5.85. The van der Waals surface area contributed by atoms with E-state index in [9.17, 15) is 4.79 Å². The molecule has 0 spiro atoms. The zero-order valence-corrected chi connectivity index (χ0v) is 19.4. The van der Waals surface area contributed by atoms with Crippen molar-refractivity contribution in [3.8, 4) is 11.5 Å². The van der Waals surface area contributed by atoms with Crippen LogP contribution in [0.1, 0.15) is 81.5 Å². The first-order valence-corrected chi connectivity index (χ1v) is 12.2. The lowest BCUT2D eigenvalue weighted by molar-refractivity contribution is 0.0734. The topological polar surface area (TPSA) is 35.5 Å². The number of benzene rings is 2. The fourth-order valence-electron chi connectivity index (χ4n) is 4.41. The summed E-state index contributed by atoms with van der Waals surface area (Å²) < 4.78 is 11.2. The van der Waals surface area contributed by atoms with Gasteiger partial charge >= 0.3 is 5.97 Å². The highest BCUT2D eigenvalue weighted by atomic mass is 35.5. The van der Waals surface area contributed by atoms with Crippen molar-refractivity contribution in [1.82, 2.24) is 0 Å². The van der Waals surface area contributed by atoms with Gasteiger partial charge in [-0.1, -0.05) is 69.9 Å². The van der Waals surface area contributed by atoms with Crippen LogP contribution in [0.5, 0.6) is 11.5 Å². The number of halogens is 1. The SMILES string of the molecule is CCCCC[C@H]1CC[C@H](CCCOc2ccc(C(=O)Oc3ccc(Cl)cc3)cc2)CC1. The predicted octanol–water partition coefficient (Wildman–Crippen LogP) is 8.10. The van der Waals surface area contributed by atoms with E-state index < -0.39 is 0 Å². The number of hydrogen-bond donors (Lipinski definition) is 0. The van der Waals surface area contributed by atoms with Crippen molar-refractivity contribution in [2.75, 3.05) is 6.61 Å². The molecule has 0 radical (unpaired) electrons. The minimum Gasteiger partial charge on any atom is -0.494 e. The summed E-state index contributed by atoms with van der Waals surface area (Å²) in [6.45, 7) is 3.01. The molecule has 1 fully saturated rings. The zero-order valence-electron chi connectivity index (χ0n) is 18.7. The van der Waals surface area contributed by atoms with Crippen LogP contribution < -0.4 is 9.47 Å². The summed E-state index contributed by atoms with van der Waals surface area (Å²) in [7, 11) is 0. The van der Waals surface area contributed by atoms with E-state index in [0.29, 0.717) is 16.3 Å². The van der Waals surface area contributed by atoms with E-state index in [2.05, 4.69) is 6.92 Å². The van der Waals surface area contributed by atoms with Gasteiger partial charge in [-0.25, -0.2) is 4.79 Å². The molecule has 4 heteroatoms. The van der Waals surface area contributed by atoms with E-state index >= 15 is 0 Å². The van der Waals surface area contributed by atoms with Crippen LogP contribution in [-0.4, -0.2) is 12.6 Å². The third-order valence-electron chi connectivity index (χ3n) is 6.32. The molecule has 0 saturated heterocycles. The van der Waals surface area contributed by atoms with Crippen LogP contribution in [0, 0.1) is 11.8 Å². The molecule has 0 amide bonds. The molecule has 0 heterocycles. The van der Waals surface area contributed by atoms with Gasteiger partial charge in [0.15, 0.2) is 0 Å². The maximum atomic E-state index is 12.2. The van der Waals surface area contributed by atoms with Gasteiger partial charge in [0.1, 0.15) is 11.5 Å². The third-order valence-corrected chi connectivity index (χ3v) is 6.57. The van der Waals surface area contributed by atoms with Gasteiger partial charge in [-0.3, -0.25) is 0 Å². The number of hydrogen-bond acceptors (Lipinski definition) is 3. The largest absolute Gasteiger partial charge is 0.494 e.